The molecule has 3 atom stereocenters. The Kier molecular flexibility index (Phi) is 5.19. The number of nitrogens with one attached hydrogen (secondary N) is 1. The van der Waals surface area contributed by atoms with Crippen molar-refractivity contribution >= 4 is 5.97 Å². The van der Waals surface area contributed by atoms with Crippen LogP contribution in [0.15, 0.2) is 0 Å². The van der Waals surface area contributed by atoms with Crippen LogP contribution >= 0.6 is 0 Å². The Hall–Kier alpha value is -0.650. The van der Waals surface area contributed by atoms with Gasteiger partial charge in [-0.1, -0.05) is 6.42 Å². The predicted molar refractivity (Wildman–Crippen MR) is 75.3 cm³/mol. The minimum Gasteiger partial charge on any atom is -0.481 e. The molecule has 0 aromatic heterocycles. The molecule has 5 heteroatoms. The normalized spacial score (nSPS) is 34.3. The third-order valence-corrected chi connectivity index (χ3v) is 4.65. The van der Waals surface area contributed by atoms with Crippen LogP contribution in [-0.4, -0.2) is 73.2 Å². The van der Waals surface area contributed by atoms with Crippen LogP contribution in [0.5, 0.6) is 0 Å². The summed E-state index contributed by atoms with van der Waals surface area (Å²) in [5.41, 5.74) is 0. The van der Waals surface area contributed by atoms with E-state index in [1.807, 2.05) is 0 Å². The summed E-state index contributed by atoms with van der Waals surface area (Å²) in [5, 5.41) is 12.7. The molecule has 1 heterocycles. The summed E-state index contributed by atoms with van der Waals surface area (Å²) in [6.07, 6.45) is 3.80. The van der Waals surface area contributed by atoms with E-state index < -0.39 is 5.97 Å². The number of carboxylic acid groups (broad SMARTS) is 1. The van der Waals surface area contributed by atoms with E-state index >= 15 is 0 Å². The Bertz CT molecular complexity index is 311. The predicted octanol–water partition coefficient (Wildman–Crippen LogP) is 0.465. The second-order valence-electron chi connectivity index (χ2n) is 6.20. The second kappa shape index (κ2) is 6.68. The first-order valence-electron chi connectivity index (χ1n) is 7.41. The lowest BCUT2D eigenvalue weighted by Crippen LogP contribution is -2.55. The van der Waals surface area contributed by atoms with Crippen molar-refractivity contribution in [3.05, 3.63) is 0 Å². The quantitative estimate of drug-likeness (QED) is 0.777. The van der Waals surface area contributed by atoms with E-state index in [1.54, 1.807) is 0 Å². The van der Waals surface area contributed by atoms with E-state index in [0.717, 1.165) is 51.9 Å². The molecule has 110 valence electrons. The Morgan fingerprint density at radius 2 is 2.11 bits per heavy atom. The van der Waals surface area contributed by atoms with E-state index in [2.05, 4.69) is 29.2 Å². The van der Waals surface area contributed by atoms with Gasteiger partial charge in [0, 0.05) is 38.3 Å². The summed E-state index contributed by atoms with van der Waals surface area (Å²) in [6.45, 7) is 4.32. The highest BCUT2D eigenvalue weighted by molar-refractivity contribution is 5.70. The van der Waals surface area contributed by atoms with Crippen LogP contribution in [0.3, 0.4) is 0 Å². The average molecular weight is 269 g/mol. The van der Waals surface area contributed by atoms with Gasteiger partial charge >= 0.3 is 5.97 Å². The van der Waals surface area contributed by atoms with Crippen LogP contribution in [0.1, 0.15) is 25.7 Å². The maximum atomic E-state index is 11.1. The number of nitrogens with zero attached hydrogens (tertiary/aromatic N) is 2. The summed E-state index contributed by atoms with van der Waals surface area (Å²) < 4.78 is 0. The van der Waals surface area contributed by atoms with Gasteiger partial charge in [0.2, 0.25) is 0 Å². The Balaban J connectivity index is 1.76. The van der Waals surface area contributed by atoms with Crippen molar-refractivity contribution in [2.75, 3.05) is 40.3 Å². The lowest BCUT2D eigenvalue weighted by Gasteiger charge is -2.39. The Labute approximate surface area is 115 Å². The molecule has 0 aromatic carbocycles. The largest absolute Gasteiger partial charge is 0.481 e. The monoisotopic (exact) mass is 269 g/mol. The van der Waals surface area contributed by atoms with Gasteiger partial charge in [-0.3, -0.25) is 9.69 Å². The van der Waals surface area contributed by atoms with Crippen LogP contribution in [-0.2, 0) is 4.79 Å². The number of aliphatic carboxylic acids is 1. The highest BCUT2D eigenvalue weighted by Gasteiger charge is 2.28. The molecule has 2 aliphatic rings. The number of hydrogen-bond acceptors (Lipinski definition) is 4. The highest BCUT2D eigenvalue weighted by atomic mass is 16.4. The van der Waals surface area contributed by atoms with Crippen molar-refractivity contribution in [2.24, 2.45) is 5.92 Å². The zero-order valence-electron chi connectivity index (χ0n) is 12.1. The zero-order valence-corrected chi connectivity index (χ0v) is 12.1. The number of piperazine rings is 1. The summed E-state index contributed by atoms with van der Waals surface area (Å²) in [4.78, 5) is 15.8. The van der Waals surface area contributed by atoms with Crippen molar-refractivity contribution in [1.29, 1.82) is 0 Å². The van der Waals surface area contributed by atoms with Crippen molar-refractivity contribution in [3.8, 4) is 0 Å². The molecule has 1 saturated heterocycles. The van der Waals surface area contributed by atoms with E-state index in [-0.39, 0.29) is 5.92 Å². The first-order valence-corrected chi connectivity index (χ1v) is 7.41. The van der Waals surface area contributed by atoms with E-state index in [4.69, 9.17) is 5.11 Å². The van der Waals surface area contributed by atoms with Crippen molar-refractivity contribution < 1.29 is 9.90 Å². The topological polar surface area (TPSA) is 55.8 Å². The molecule has 5 nitrogen and oxygen atoms in total. The van der Waals surface area contributed by atoms with E-state index in [1.165, 1.54) is 0 Å². The second-order valence-corrected chi connectivity index (χ2v) is 6.20. The molecule has 2 rings (SSSR count). The molecule has 0 amide bonds. The molecule has 0 radical (unpaired) electrons. The lowest BCUT2D eigenvalue weighted by atomic mass is 9.85. The fourth-order valence-corrected chi connectivity index (χ4v) is 3.22. The average Bonchev–Trinajstić information content (AvgIpc) is 2.40. The molecule has 3 unspecified atom stereocenters. The molecular formula is C14H27N3O2. The van der Waals surface area contributed by atoms with Gasteiger partial charge in [0.25, 0.3) is 0 Å². The standard InChI is InChI=1S/C14H27N3O2/c1-16-6-7-17(2)13(10-16)9-15-12-5-3-4-11(8-12)14(18)19/h11-13,15H,3-10H2,1-2H3,(H,18,19). The van der Waals surface area contributed by atoms with Crippen LogP contribution in [0.4, 0.5) is 0 Å². The number of carbonyl (C=O) groups is 1. The maximum Gasteiger partial charge on any atom is 0.306 e. The first-order chi connectivity index (χ1) is 9.06. The minimum atomic E-state index is -0.624. The third-order valence-electron chi connectivity index (χ3n) is 4.65. The number of carboxylic acids is 1. The van der Waals surface area contributed by atoms with Gasteiger partial charge in [0.1, 0.15) is 0 Å². The first kappa shape index (κ1) is 14.8. The molecule has 0 aromatic rings. The Morgan fingerprint density at radius 1 is 1.32 bits per heavy atom. The molecular weight excluding hydrogens is 242 g/mol. The third kappa shape index (κ3) is 4.16. The summed E-state index contributed by atoms with van der Waals surface area (Å²) in [6, 6.07) is 0.930. The van der Waals surface area contributed by atoms with Gasteiger partial charge in [-0.15, -0.1) is 0 Å². The molecule has 0 bridgehead atoms. The van der Waals surface area contributed by atoms with E-state index in [0.29, 0.717) is 12.1 Å². The SMILES string of the molecule is CN1CCN(C)C(CNC2CCCC(C(=O)O)C2)C1. The molecule has 2 N–H and O–H groups in total. The maximum absolute atomic E-state index is 11.1. The van der Waals surface area contributed by atoms with Gasteiger partial charge < -0.3 is 15.3 Å². The molecule has 0 spiro atoms. The van der Waals surface area contributed by atoms with Gasteiger partial charge in [-0.25, -0.2) is 0 Å². The van der Waals surface area contributed by atoms with Crippen LogP contribution in [0.25, 0.3) is 0 Å². The minimum absolute atomic E-state index is 0.141. The van der Waals surface area contributed by atoms with Crippen molar-refractivity contribution in [2.45, 2.75) is 37.8 Å². The summed E-state index contributed by atoms with van der Waals surface area (Å²) >= 11 is 0. The molecule has 2 fully saturated rings. The summed E-state index contributed by atoms with van der Waals surface area (Å²) in [5.74, 6) is -0.765. The van der Waals surface area contributed by atoms with Gasteiger partial charge in [0.05, 0.1) is 5.92 Å². The number of likely N-dealkylation sites (N-methyl/N-ethyl adjacent to an activating group) is 2. The van der Waals surface area contributed by atoms with Crippen LogP contribution < -0.4 is 5.32 Å². The number of rotatable bonds is 4. The Morgan fingerprint density at radius 3 is 2.84 bits per heavy atom. The van der Waals surface area contributed by atoms with Gasteiger partial charge in [0.15, 0.2) is 0 Å². The molecule has 1 aliphatic heterocycles. The van der Waals surface area contributed by atoms with Crippen molar-refractivity contribution in [3.63, 3.8) is 0 Å². The highest BCUT2D eigenvalue weighted by Crippen LogP contribution is 2.24. The van der Waals surface area contributed by atoms with Gasteiger partial charge in [-0.05, 0) is 33.4 Å². The molecule has 1 aliphatic carbocycles. The van der Waals surface area contributed by atoms with Crippen molar-refractivity contribution in [1.82, 2.24) is 15.1 Å². The smallest absolute Gasteiger partial charge is 0.306 e. The number of hydrogen-bond donors (Lipinski definition) is 2. The van der Waals surface area contributed by atoms with E-state index in [9.17, 15) is 4.79 Å². The van der Waals surface area contributed by atoms with Crippen LogP contribution in [0.2, 0.25) is 0 Å². The van der Waals surface area contributed by atoms with Gasteiger partial charge in [-0.2, -0.15) is 0 Å². The fraction of sp³-hybridized carbons (Fsp3) is 0.929. The van der Waals surface area contributed by atoms with Crippen LogP contribution in [0, 0.1) is 5.92 Å². The zero-order chi connectivity index (χ0) is 13.8. The molecule has 19 heavy (non-hydrogen) atoms. The summed E-state index contributed by atoms with van der Waals surface area (Å²) in [7, 11) is 4.35. The molecule has 1 saturated carbocycles. The fourth-order valence-electron chi connectivity index (χ4n) is 3.22. The lowest BCUT2D eigenvalue weighted by molar-refractivity contribution is -0.143.